The smallest absolute Gasteiger partial charge is 0.324 e. The van der Waals surface area contributed by atoms with Crippen LogP contribution in [0.2, 0.25) is 0 Å². The van der Waals surface area contributed by atoms with Gasteiger partial charge in [-0.15, -0.1) is 5.10 Å². The van der Waals surface area contributed by atoms with Crippen LogP contribution in [0.5, 0.6) is 0 Å². The Labute approximate surface area is 171 Å². The van der Waals surface area contributed by atoms with Crippen LogP contribution in [-0.2, 0) is 0 Å². The van der Waals surface area contributed by atoms with E-state index in [1.165, 1.54) is 6.21 Å². The van der Waals surface area contributed by atoms with Crippen LogP contribution < -0.4 is 21.0 Å². The summed E-state index contributed by atoms with van der Waals surface area (Å²) in [5.74, 6) is -0.574. The summed E-state index contributed by atoms with van der Waals surface area (Å²) < 4.78 is 3.73. The van der Waals surface area contributed by atoms with E-state index in [0.29, 0.717) is 5.69 Å². The fraction of sp³-hybridized carbons (Fsp3) is 0.105. The maximum Gasteiger partial charge on any atom is 0.324 e. The Bertz CT molecular complexity index is 1000. The maximum absolute atomic E-state index is 12.3. The highest BCUT2D eigenvalue weighted by molar-refractivity contribution is 7.10. The van der Waals surface area contributed by atoms with Gasteiger partial charge in [-0.25, -0.2) is 10.2 Å². The second-order valence-electron chi connectivity index (χ2n) is 6.08. The first-order valence-electron chi connectivity index (χ1n) is 8.59. The Kier molecular flexibility index (Phi) is 6.48. The number of amides is 3. The van der Waals surface area contributed by atoms with Crippen molar-refractivity contribution >= 4 is 46.1 Å². The van der Waals surface area contributed by atoms with Crippen LogP contribution in [-0.4, -0.2) is 41.8 Å². The van der Waals surface area contributed by atoms with Crippen molar-refractivity contribution in [3.8, 4) is 0 Å². The van der Waals surface area contributed by atoms with Crippen molar-refractivity contribution in [2.75, 3.05) is 29.6 Å². The Morgan fingerprint density at radius 3 is 2.45 bits per heavy atom. The molecule has 0 saturated carbocycles. The van der Waals surface area contributed by atoms with Gasteiger partial charge < -0.3 is 10.2 Å². The van der Waals surface area contributed by atoms with Gasteiger partial charge in [0.2, 0.25) is 0 Å². The van der Waals surface area contributed by atoms with E-state index in [1.807, 2.05) is 49.3 Å². The maximum atomic E-state index is 12.3. The van der Waals surface area contributed by atoms with E-state index < -0.39 is 11.9 Å². The van der Waals surface area contributed by atoms with E-state index in [4.69, 9.17) is 0 Å². The van der Waals surface area contributed by atoms with Crippen LogP contribution >= 0.6 is 11.5 Å². The van der Waals surface area contributed by atoms with Crippen LogP contribution in [0.25, 0.3) is 0 Å². The molecule has 0 fully saturated rings. The van der Waals surface area contributed by atoms with Crippen molar-refractivity contribution in [2.45, 2.75) is 0 Å². The number of carbonyl (C=O) groups is 2. The molecule has 3 aromatic rings. The molecule has 0 radical (unpaired) electrons. The van der Waals surface area contributed by atoms with E-state index in [1.54, 1.807) is 24.3 Å². The monoisotopic (exact) mass is 409 g/mol. The first-order valence-corrected chi connectivity index (χ1v) is 9.36. The van der Waals surface area contributed by atoms with Gasteiger partial charge in [0.1, 0.15) is 0 Å². The number of urea groups is 1. The van der Waals surface area contributed by atoms with Gasteiger partial charge >= 0.3 is 6.03 Å². The number of rotatable bonds is 6. The molecule has 0 unspecified atom stereocenters. The second kappa shape index (κ2) is 9.42. The van der Waals surface area contributed by atoms with Crippen molar-refractivity contribution in [3.05, 3.63) is 65.9 Å². The molecule has 1 heterocycles. The molecule has 3 rings (SSSR count). The molecule has 29 heavy (non-hydrogen) atoms. The first kappa shape index (κ1) is 20.0. The molecule has 9 nitrogen and oxygen atoms in total. The van der Waals surface area contributed by atoms with Gasteiger partial charge in [-0.3, -0.25) is 10.1 Å². The molecule has 0 spiro atoms. The summed E-state index contributed by atoms with van der Waals surface area (Å²) in [6.45, 7) is 0. The van der Waals surface area contributed by atoms with Crippen LogP contribution in [0.15, 0.2) is 59.7 Å². The molecule has 0 aliphatic heterocycles. The SMILES string of the molecule is CN(C)c1ccc(/C=N/NC(=O)c2nnsc2NC(=O)Nc2ccccc2)cc1. The van der Waals surface area contributed by atoms with Crippen molar-refractivity contribution in [2.24, 2.45) is 5.10 Å². The third-order valence-corrected chi connectivity index (χ3v) is 4.39. The summed E-state index contributed by atoms with van der Waals surface area (Å²) in [7, 11) is 3.91. The van der Waals surface area contributed by atoms with Gasteiger partial charge in [-0.1, -0.05) is 34.8 Å². The zero-order valence-electron chi connectivity index (χ0n) is 15.8. The highest BCUT2D eigenvalue weighted by Crippen LogP contribution is 2.18. The van der Waals surface area contributed by atoms with Crippen LogP contribution in [0, 0.1) is 0 Å². The molecular formula is C19H19N7O2S. The summed E-state index contributed by atoms with van der Waals surface area (Å²) >= 11 is 0.900. The summed E-state index contributed by atoms with van der Waals surface area (Å²) in [6.07, 6.45) is 1.52. The third kappa shape index (κ3) is 5.59. The van der Waals surface area contributed by atoms with E-state index in [9.17, 15) is 9.59 Å². The predicted molar refractivity (Wildman–Crippen MR) is 115 cm³/mol. The molecule has 0 saturated heterocycles. The number of nitrogens with one attached hydrogen (secondary N) is 3. The molecule has 148 valence electrons. The highest BCUT2D eigenvalue weighted by atomic mass is 32.1. The van der Waals surface area contributed by atoms with Crippen LogP contribution in [0.1, 0.15) is 16.1 Å². The Balaban J connectivity index is 1.57. The second-order valence-corrected chi connectivity index (χ2v) is 6.84. The molecule has 0 atom stereocenters. The zero-order chi connectivity index (χ0) is 20.6. The van der Waals surface area contributed by atoms with Crippen LogP contribution in [0.3, 0.4) is 0 Å². The zero-order valence-corrected chi connectivity index (χ0v) is 16.6. The fourth-order valence-electron chi connectivity index (χ4n) is 2.29. The lowest BCUT2D eigenvalue weighted by atomic mass is 10.2. The highest BCUT2D eigenvalue weighted by Gasteiger charge is 2.18. The van der Waals surface area contributed by atoms with E-state index in [2.05, 4.69) is 30.7 Å². The Morgan fingerprint density at radius 2 is 1.76 bits per heavy atom. The minimum atomic E-state index is -0.574. The third-order valence-electron chi connectivity index (χ3n) is 3.75. The first-order chi connectivity index (χ1) is 14.0. The number of anilines is 3. The summed E-state index contributed by atoms with van der Waals surface area (Å²) in [4.78, 5) is 26.4. The lowest BCUT2D eigenvalue weighted by molar-refractivity contribution is 0.0951. The number of hydrazone groups is 1. The van der Waals surface area contributed by atoms with E-state index in [0.717, 1.165) is 22.8 Å². The Morgan fingerprint density at radius 1 is 1.03 bits per heavy atom. The minimum Gasteiger partial charge on any atom is -0.378 e. The van der Waals surface area contributed by atoms with Gasteiger partial charge in [-0.2, -0.15) is 5.10 Å². The summed E-state index contributed by atoms with van der Waals surface area (Å²) in [5.41, 5.74) is 4.88. The topological polar surface area (TPSA) is 112 Å². The van der Waals surface area contributed by atoms with Gasteiger partial charge in [0, 0.05) is 37.0 Å². The van der Waals surface area contributed by atoms with Crippen LogP contribution in [0.4, 0.5) is 21.2 Å². The minimum absolute atomic E-state index is 0.0154. The van der Waals surface area contributed by atoms with E-state index in [-0.39, 0.29) is 10.7 Å². The fourth-order valence-corrected chi connectivity index (χ4v) is 2.85. The lowest BCUT2D eigenvalue weighted by Crippen LogP contribution is -2.23. The average molecular weight is 409 g/mol. The number of para-hydroxylation sites is 1. The molecule has 0 bridgehead atoms. The normalized spacial score (nSPS) is 10.6. The molecule has 2 aromatic carbocycles. The van der Waals surface area contributed by atoms with Gasteiger partial charge in [0.25, 0.3) is 5.91 Å². The van der Waals surface area contributed by atoms with Gasteiger partial charge in [-0.05, 0) is 29.8 Å². The predicted octanol–water partition coefficient (Wildman–Crippen LogP) is 3.01. The number of aromatic nitrogens is 2. The Hall–Kier alpha value is -3.79. The molecule has 3 N–H and O–H groups in total. The largest absolute Gasteiger partial charge is 0.378 e. The molecule has 10 heteroatoms. The van der Waals surface area contributed by atoms with Crippen molar-refractivity contribution in [3.63, 3.8) is 0 Å². The number of hydrogen-bond donors (Lipinski definition) is 3. The quantitative estimate of drug-likeness (QED) is 0.428. The lowest BCUT2D eigenvalue weighted by Gasteiger charge is -2.11. The summed E-state index contributed by atoms with van der Waals surface area (Å²) in [5, 5.41) is 13.2. The molecule has 1 aromatic heterocycles. The molecule has 0 aliphatic carbocycles. The standard InChI is InChI=1S/C19H19N7O2S/c1-26(2)15-10-8-13(9-11-15)12-20-24-17(27)16-18(29-25-23-16)22-19(28)21-14-6-4-3-5-7-14/h3-12H,1-2H3,(H,24,27)(H2,21,22,28)/b20-12+. The van der Waals surface area contributed by atoms with Crippen molar-refractivity contribution in [1.29, 1.82) is 0 Å². The van der Waals surface area contributed by atoms with Crippen molar-refractivity contribution < 1.29 is 9.59 Å². The van der Waals surface area contributed by atoms with Gasteiger partial charge in [0.05, 0.1) is 6.21 Å². The number of nitrogens with zero attached hydrogens (tertiary/aromatic N) is 4. The summed E-state index contributed by atoms with van der Waals surface area (Å²) in [6, 6.07) is 16.1. The van der Waals surface area contributed by atoms with Crippen molar-refractivity contribution in [1.82, 2.24) is 15.0 Å². The number of carbonyl (C=O) groups excluding carboxylic acids is 2. The average Bonchev–Trinajstić information content (AvgIpc) is 3.17. The molecule has 3 amide bonds. The van der Waals surface area contributed by atoms with Gasteiger partial charge in [0.15, 0.2) is 10.7 Å². The van der Waals surface area contributed by atoms with E-state index >= 15 is 0 Å². The molecule has 0 aliphatic rings. The molecular weight excluding hydrogens is 390 g/mol. The number of hydrogen-bond acceptors (Lipinski definition) is 7. The number of benzene rings is 2.